The lowest BCUT2D eigenvalue weighted by atomic mass is 10.0. The molecule has 0 aliphatic heterocycles. The molecule has 0 radical (unpaired) electrons. The third-order valence-electron chi connectivity index (χ3n) is 5.86. The molecule has 0 spiro atoms. The Hall–Kier alpha value is -1.59. The van der Waals surface area contributed by atoms with Crippen LogP contribution in [0.5, 0.6) is 0 Å². The second-order valence-electron chi connectivity index (χ2n) is 9.59. The third kappa shape index (κ3) is 17.0. The molecule has 0 fully saturated rings. The highest BCUT2D eigenvalue weighted by atomic mass is 16.2. The van der Waals surface area contributed by atoms with Crippen molar-refractivity contribution in [2.45, 2.75) is 136 Å². The van der Waals surface area contributed by atoms with E-state index in [1.165, 1.54) is 77.7 Å². The van der Waals surface area contributed by atoms with Crippen LogP contribution in [-0.4, -0.2) is 36.9 Å². The first kappa shape index (κ1) is 30.4. The van der Waals surface area contributed by atoms with Gasteiger partial charge >= 0.3 is 0 Å². The van der Waals surface area contributed by atoms with Crippen LogP contribution < -0.4 is 16.0 Å². The molecule has 3 amide bonds. The zero-order chi connectivity index (χ0) is 24.2. The van der Waals surface area contributed by atoms with E-state index < -0.39 is 12.1 Å². The molecular formula is C26H51N3O3. The molecule has 0 aliphatic carbocycles. The Labute approximate surface area is 197 Å². The first-order valence-corrected chi connectivity index (χ1v) is 13.1. The van der Waals surface area contributed by atoms with Gasteiger partial charge in [0.05, 0.1) is 0 Å². The predicted molar refractivity (Wildman–Crippen MR) is 133 cm³/mol. The van der Waals surface area contributed by atoms with Crippen molar-refractivity contribution in [2.75, 3.05) is 7.05 Å². The summed E-state index contributed by atoms with van der Waals surface area (Å²) in [6.45, 7) is 7.92. The number of unbranched alkanes of at least 4 members (excludes halogenated alkanes) is 12. The summed E-state index contributed by atoms with van der Waals surface area (Å²) >= 11 is 0. The predicted octanol–water partition coefficient (Wildman–Crippen LogP) is 5.25. The third-order valence-corrected chi connectivity index (χ3v) is 5.86. The van der Waals surface area contributed by atoms with E-state index in [1.54, 1.807) is 6.92 Å². The number of hydrogen-bond donors (Lipinski definition) is 3. The van der Waals surface area contributed by atoms with Gasteiger partial charge < -0.3 is 16.0 Å². The van der Waals surface area contributed by atoms with E-state index in [9.17, 15) is 14.4 Å². The first-order valence-electron chi connectivity index (χ1n) is 13.1. The van der Waals surface area contributed by atoms with Crippen molar-refractivity contribution in [1.29, 1.82) is 0 Å². The fourth-order valence-corrected chi connectivity index (χ4v) is 3.87. The Balaban J connectivity index is 3.95. The molecule has 0 saturated carbocycles. The Morgan fingerprint density at radius 3 is 1.56 bits per heavy atom. The molecule has 0 aromatic rings. The summed E-state index contributed by atoms with van der Waals surface area (Å²) in [4.78, 5) is 36.5. The molecule has 0 heterocycles. The fourth-order valence-electron chi connectivity index (χ4n) is 3.87. The minimum atomic E-state index is -0.625. The van der Waals surface area contributed by atoms with E-state index in [0.717, 1.165) is 12.8 Å². The van der Waals surface area contributed by atoms with Crippen molar-refractivity contribution >= 4 is 17.7 Å². The van der Waals surface area contributed by atoms with E-state index in [4.69, 9.17) is 0 Å². The van der Waals surface area contributed by atoms with Crippen molar-refractivity contribution in [1.82, 2.24) is 16.0 Å². The summed E-state index contributed by atoms with van der Waals surface area (Å²) in [7, 11) is 1.54. The number of likely N-dealkylation sites (N-methyl/N-ethyl adjacent to an activating group) is 1. The summed E-state index contributed by atoms with van der Waals surface area (Å²) in [5.41, 5.74) is 0. The van der Waals surface area contributed by atoms with E-state index >= 15 is 0 Å². The van der Waals surface area contributed by atoms with Crippen LogP contribution >= 0.6 is 0 Å². The Kier molecular flexibility index (Phi) is 19.1. The Morgan fingerprint density at radius 1 is 0.656 bits per heavy atom. The summed E-state index contributed by atoms with van der Waals surface area (Å²) in [6, 6.07) is -1.23. The number of carbonyl (C=O) groups is 3. The Morgan fingerprint density at radius 2 is 1.12 bits per heavy atom. The van der Waals surface area contributed by atoms with E-state index in [-0.39, 0.29) is 23.6 Å². The number of carbonyl (C=O) groups excluding carboxylic acids is 3. The Bertz CT molecular complexity index is 509. The maximum Gasteiger partial charge on any atom is 0.243 e. The maximum atomic E-state index is 12.5. The molecule has 188 valence electrons. The highest BCUT2D eigenvalue weighted by molar-refractivity contribution is 5.91. The maximum absolute atomic E-state index is 12.5. The van der Waals surface area contributed by atoms with Crippen LogP contribution in [0, 0.1) is 5.92 Å². The number of rotatable bonds is 20. The van der Waals surface area contributed by atoms with Crippen molar-refractivity contribution in [3.05, 3.63) is 0 Å². The average molecular weight is 454 g/mol. The molecule has 6 heteroatoms. The van der Waals surface area contributed by atoms with Gasteiger partial charge in [0.1, 0.15) is 12.1 Å². The lowest BCUT2D eigenvalue weighted by molar-refractivity contribution is -0.132. The van der Waals surface area contributed by atoms with Crippen LogP contribution in [-0.2, 0) is 14.4 Å². The van der Waals surface area contributed by atoms with Crippen LogP contribution in [0.2, 0.25) is 0 Å². The van der Waals surface area contributed by atoms with Gasteiger partial charge in [-0.3, -0.25) is 14.4 Å². The van der Waals surface area contributed by atoms with E-state index in [0.29, 0.717) is 12.8 Å². The summed E-state index contributed by atoms with van der Waals surface area (Å²) < 4.78 is 0. The number of nitrogens with one attached hydrogen (secondary N) is 3. The average Bonchev–Trinajstić information content (AvgIpc) is 2.75. The monoisotopic (exact) mass is 453 g/mol. The van der Waals surface area contributed by atoms with Gasteiger partial charge in [-0.1, -0.05) is 97.8 Å². The molecule has 6 nitrogen and oxygen atoms in total. The second-order valence-corrected chi connectivity index (χ2v) is 9.59. The molecule has 0 aromatic heterocycles. The van der Waals surface area contributed by atoms with Gasteiger partial charge in [0.15, 0.2) is 0 Å². The van der Waals surface area contributed by atoms with Crippen LogP contribution in [0.1, 0.15) is 124 Å². The summed E-state index contributed by atoms with van der Waals surface area (Å²) in [5.74, 6) is -0.368. The number of amides is 3. The summed E-state index contributed by atoms with van der Waals surface area (Å²) in [5, 5.41) is 8.08. The minimum Gasteiger partial charge on any atom is -0.357 e. The lowest BCUT2D eigenvalue weighted by Gasteiger charge is -2.22. The van der Waals surface area contributed by atoms with E-state index in [1.807, 2.05) is 13.8 Å². The molecular weight excluding hydrogens is 402 g/mol. The van der Waals surface area contributed by atoms with Crippen LogP contribution in [0.4, 0.5) is 0 Å². The minimum absolute atomic E-state index is 0.0820. The first-order chi connectivity index (χ1) is 15.3. The lowest BCUT2D eigenvalue weighted by Crippen LogP contribution is -2.52. The summed E-state index contributed by atoms with van der Waals surface area (Å²) in [6.07, 6.45) is 17.5. The van der Waals surface area contributed by atoms with Gasteiger partial charge in [-0.15, -0.1) is 0 Å². The van der Waals surface area contributed by atoms with Gasteiger partial charge in [-0.2, -0.15) is 0 Å². The zero-order valence-electron chi connectivity index (χ0n) is 21.6. The smallest absolute Gasteiger partial charge is 0.243 e. The normalized spacial score (nSPS) is 12.9. The van der Waals surface area contributed by atoms with E-state index in [2.05, 4.69) is 22.9 Å². The largest absolute Gasteiger partial charge is 0.357 e. The number of hydrogen-bond acceptors (Lipinski definition) is 3. The molecule has 3 N–H and O–H groups in total. The van der Waals surface area contributed by atoms with Crippen molar-refractivity contribution in [3.8, 4) is 0 Å². The molecule has 2 unspecified atom stereocenters. The molecule has 0 saturated heterocycles. The van der Waals surface area contributed by atoms with Gasteiger partial charge in [0, 0.05) is 13.5 Å². The van der Waals surface area contributed by atoms with Crippen LogP contribution in [0.3, 0.4) is 0 Å². The quantitative estimate of drug-likeness (QED) is 0.220. The van der Waals surface area contributed by atoms with Crippen molar-refractivity contribution in [2.24, 2.45) is 5.92 Å². The SMILES string of the molecule is CCCCCCCCCCCCCCCC(=O)NC(CC(C)C)C(=O)NC(C)C(=O)NC. The molecule has 32 heavy (non-hydrogen) atoms. The fraction of sp³-hybridized carbons (Fsp3) is 0.885. The van der Waals surface area contributed by atoms with Crippen LogP contribution in [0.25, 0.3) is 0 Å². The van der Waals surface area contributed by atoms with Crippen LogP contribution in [0.15, 0.2) is 0 Å². The second kappa shape index (κ2) is 20.0. The molecule has 0 bridgehead atoms. The van der Waals surface area contributed by atoms with Gasteiger partial charge in [0.2, 0.25) is 17.7 Å². The molecule has 0 rings (SSSR count). The van der Waals surface area contributed by atoms with Gasteiger partial charge in [0.25, 0.3) is 0 Å². The standard InChI is InChI=1S/C26H51N3O3/c1-6-7-8-9-10-11-12-13-14-15-16-17-18-19-24(30)29-23(20-21(2)3)26(32)28-22(4)25(31)27-5/h21-23H,6-20H2,1-5H3,(H,27,31)(H,28,32)(H,29,30). The van der Waals surface area contributed by atoms with Crippen molar-refractivity contribution in [3.63, 3.8) is 0 Å². The highest BCUT2D eigenvalue weighted by Gasteiger charge is 2.24. The zero-order valence-corrected chi connectivity index (χ0v) is 21.6. The molecule has 0 aromatic carbocycles. The van der Waals surface area contributed by atoms with Gasteiger partial charge in [-0.25, -0.2) is 0 Å². The van der Waals surface area contributed by atoms with Gasteiger partial charge in [-0.05, 0) is 25.7 Å². The topological polar surface area (TPSA) is 87.3 Å². The highest BCUT2D eigenvalue weighted by Crippen LogP contribution is 2.13. The van der Waals surface area contributed by atoms with Crippen molar-refractivity contribution < 1.29 is 14.4 Å². The molecule has 2 atom stereocenters. The molecule has 0 aliphatic rings.